The maximum atomic E-state index is 6.12. The van der Waals surface area contributed by atoms with Crippen LogP contribution >= 0.6 is 11.6 Å². The van der Waals surface area contributed by atoms with Gasteiger partial charge in [0.25, 0.3) is 0 Å². The number of rotatable bonds is 7. The normalized spacial score (nSPS) is 17.9. The summed E-state index contributed by atoms with van der Waals surface area (Å²) in [5.41, 5.74) is 1.35. The van der Waals surface area contributed by atoms with E-state index in [4.69, 9.17) is 11.6 Å². The fourth-order valence-electron chi connectivity index (χ4n) is 3.39. The zero-order valence-electron chi connectivity index (χ0n) is 15.5. The Morgan fingerprint density at radius 3 is 2.65 bits per heavy atom. The van der Waals surface area contributed by atoms with Crippen LogP contribution in [0.5, 0.6) is 0 Å². The highest BCUT2D eigenvalue weighted by molar-refractivity contribution is 6.28. The lowest BCUT2D eigenvalue weighted by atomic mass is 10.0. The highest BCUT2D eigenvalue weighted by Crippen LogP contribution is 2.19. The van der Waals surface area contributed by atoms with Crippen LogP contribution in [0.25, 0.3) is 0 Å². The van der Waals surface area contributed by atoms with E-state index < -0.39 is 0 Å². The van der Waals surface area contributed by atoms with Crippen molar-refractivity contribution >= 4 is 23.5 Å². The Labute approximate surface area is 160 Å². The van der Waals surface area contributed by atoms with E-state index in [2.05, 4.69) is 74.2 Å². The molecule has 1 atom stereocenters. The summed E-state index contributed by atoms with van der Waals surface area (Å²) in [6.07, 6.45) is 2.27. The number of nitrogens with zero attached hydrogens (tertiary/aromatic N) is 5. The molecule has 1 unspecified atom stereocenters. The van der Waals surface area contributed by atoms with E-state index in [0.29, 0.717) is 17.9 Å². The van der Waals surface area contributed by atoms with Crippen LogP contribution < -0.4 is 10.2 Å². The number of benzene rings is 1. The molecule has 1 aromatic carbocycles. The van der Waals surface area contributed by atoms with Gasteiger partial charge in [0.15, 0.2) is 0 Å². The maximum absolute atomic E-state index is 6.12. The first-order valence-electron chi connectivity index (χ1n) is 9.37. The second-order valence-electron chi connectivity index (χ2n) is 6.60. The topological polar surface area (TPSA) is 57.2 Å². The number of piperidine rings is 1. The Kier molecular flexibility index (Phi) is 6.63. The Bertz CT molecular complexity index is 692. The monoisotopic (exact) mass is 374 g/mol. The lowest BCUT2D eigenvalue weighted by molar-refractivity contribution is 0.208. The van der Waals surface area contributed by atoms with E-state index in [1.54, 1.807) is 0 Å². The van der Waals surface area contributed by atoms with Crippen LogP contribution in [0.4, 0.5) is 11.9 Å². The number of hydrogen-bond donors (Lipinski definition) is 1. The molecule has 1 aliphatic rings. The van der Waals surface area contributed by atoms with Crippen LogP contribution in [0, 0.1) is 0 Å². The molecule has 0 saturated carbocycles. The third-order valence-electron chi connectivity index (χ3n) is 4.73. The van der Waals surface area contributed by atoms with Gasteiger partial charge in [-0.2, -0.15) is 15.0 Å². The third kappa shape index (κ3) is 5.05. The molecule has 0 aliphatic carbocycles. The number of aromatic nitrogens is 3. The van der Waals surface area contributed by atoms with Gasteiger partial charge in [-0.25, -0.2) is 0 Å². The Hall–Kier alpha value is -1.92. The molecule has 140 valence electrons. The van der Waals surface area contributed by atoms with Gasteiger partial charge in [-0.15, -0.1) is 0 Å². The summed E-state index contributed by atoms with van der Waals surface area (Å²) >= 11 is 6.12. The van der Waals surface area contributed by atoms with Crippen LogP contribution in [-0.2, 0) is 6.54 Å². The lowest BCUT2D eigenvalue weighted by Gasteiger charge is -2.33. The molecule has 6 nitrogen and oxygen atoms in total. The number of likely N-dealkylation sites (tertiary alicyclic amines) is 1. The molecule has 7 heteroatoms. The van der Waals surface area contributed by atoms with Gasteiger partial charge in [0.1, 0.15) is 0 Å². The van der Waals surface area contributed by atoms with E-state index in [0.717, 1.165) is 45.6 Å². The molecule has 0 radical (unpaired) electrons. The average molecular weight is 375 g/mol. The van der Waals surface area contributed by atoms with Gasteiger partial charge in [-0.3, -0.25) is 4.90 Å². The van der Waals surface area contributed by atoms with Gasteiger partial charge < -0.3 is 10.2 Å². The second kappa shape index (κ2) is 9.14. The predicted octanol–water partition coefficient (Wildman–Crippen LogP) is 3.45. The van der Waals surface area contributed by atoms with E-state index in [1.807, 2.05) is 0 Å². The molecule has 0 amide bonds. The minimum absolute atomic E-state index is 0.237. The quantitative estimate of drug-likeness (QED) is 0.801. The minimum atomic E-state index is 0.237. The van der Waals surface area contributed by atoms with Crippen LogP contribution in [0.2, 0.25) is 5.28 Å². The van der Waals surface area contributed by atoms with Crippen molar-refractivity contribution in [3.8, 4) is 0 Å². The Morgan fingerprint density at radius 1 is 1.15 bits per heavy atom. The van der Waals surface area contributed by atoms with E-state index in [9.17, 15) is 0 Å². The molecule has 0 bridgehead atoms. The molecule has 2 heterocycles. The summed E-state index contributed by atoms with van der Waals surface area (Å²) in [4.78, 5) is 17.6. The second-order valence-corrected chi connectivity index (χ2v) is 6.94. The van der Waals surface area contributed by atoms with Crippen molar-refractivity contribution in [2.45, 2.75) is 39.3 Å². The van der Waals surface area contributed by atoms with Crippen LogP contribution in [0.1, 0.15) is 32.3 Å². The number of hydrogen-bond acceptors (Lipinski definition) is 6. The van der Waals surface area contributed by atoms with Gasteiger partial charge in [0.2, 0.25) is 17.2 Å². The zero-order valence-corrected chi connectivity index (χ0v) is 16.3. The highest BCUT2D eigenvalue weighted by atomic mass is 35.5. The van der Waals surface area contributed by atoms with Crippen molar-refractivity contribution in [3.63, 3.8) is 0 Å². The summed E-state index contributed by atoms with van der Waals surface area (Å²) in [5, 5.41) is 3.70. The molecule has 1 aromatic heterocycles. The SMILES string of the molecule is CCN(CC)c1nc(Cl)nc(NC2CCCN(Cc3ccccc3)C2)n1. The number of anilines is 2. The van der Waals surface area contributed by atoms with Crippen molar-refractivity contribution in [2.24, 2.45) is 0 Å². The molecule has 1 aliphatic heterocycles. The van der Waals surface area contributed by atoms with E-state index in [1.165, 1.54) is 5.56 Å². The van der Waals surface area contributed by atoms with Crippen LogP contribution in [-0.4, -0.2) is 52.1 Å². The molecule has 1 fully saturated rings. The highest BCUT2D eigenvalue weighted by Gasteiger charge is 2.21. The fourth-order valence-corrected chi connectivity index (χ4v) is 3.55. The van der Waals surface area contributed by atoms with E-state index in [-0.39, 0.29) is 5.28 Å². The van der Waals surface area contributed by atoms with Crippen molar-refractivity contribution in [3.05, 3.63) is 41.2 Å². The van der Waals surface area contributed by atoms with E-state index >= 15 is 0 Å². The fraction of sp³-hybridized carbons (Fsp3) is 0.526. The predicted molar refractivity (Wildman–Crippen MR) is 107 cm³/mol. The Balaban J connectivity index is 1.64. The summed E-state index contributed by atoms with van der Waals surface area (Å²) in [7, 11) is 0. The molecule has 1 saturated heterocycles. The van der Waals surface area contributed by atoms with Gasteiger partial charge >= 0.3 is 0 Å². The number of nitrogens with one attached hydrogen (secondary N) is 1. The molecule has 3 rings (SSSR count). The van der Waals surface area contributed by atoms with Crippen molar-refractivity contribution in [1.82, 2.24) is 19.9 Å². The maximum Gasteiger partial charge on any atom is 0.231 e. The minimum Gasteiger partial charge on any atom is -0.350 e. The molecule has 26 heavy (non-hydrogen) atoms. The smallest absolute Gasteiger partial charge is 0.231 e. The zero-order chi connectivity index (χ0) is 18.4. The summed E-state index contributed by atoms with van der Waals surface area (Å²) in [6, 6.07) is 10.9. The standard InChI is InChI=1S/C19H27ClN6/c1-3-26(4-2)19-23-17(20)22-18(24-19)21-16-11-8-12-25(14-16)13-15-9-6-5-7-10-15/h5-7,9-10,16H,3-4,8,11-14H2,1-2H3,(H,21,22,23,24). The van der Waals surface area contributed by atoms with Crippen molar-refractivity contribution in [1.29, 1.82) is 0 Å². The van der Waals surface area contributed by atoms with Crippen molar-refractivity contribution < 1.29 is 0 Å². The molecular formula is C19H27ClN6. The largest absolute Gasteiger partial charge is 0.350 e. The lowest BCUT2D eigenvalue weighted by Crippen LogP contribution is -2.42. The molecule has 0 spiro atoms. The third-order valence-corrected chi connectivity index (χ3v) is 4.90. The van der Waals surface area contributed by atoms with Gasteiger partial charge in [-0.1, -0.05) is 30.3 Å². The van der Waals surface area contributed by atoms with Crippen LogP contribution in [0.15, 0.2) is 30.3 Å². The Morgan fingerprint density at radius 2 is 1.92 bits per heavy atom. The van der Waals surface area contributed by atoms with Gasteiger partial charge in [-0.05, 0) is 50.4 Å². The first-order valence-corrected chi connectivity index (χ1v) is 9.75. The molecule has 1 N–H and O–H groups in total. The molecular weight excluding hydrogens is 348 g/mol. The number of halogens is 1. The summed E-state index contributed by atoms with van der Waals surface area (Å²) in [6.45, 7) is 8.90. The first-order chi connectivity index (χ1) is 12.7. The first kappa shape index (κ1) is 18.9. The molecule has 2 aromatic rings. The summed E-state index contributed by atoms with van der Waals surface area (Å²) < 4.78 is 0. The average Bonchev–Trinajstić information content (AvgIpc) is 2.63. The van der Waals surface area contributed by atoms with Gasteiger partial charge in [0.05, 0.1) is 0 Å². The van der Waals surface area contributed by atoms with Crippen molar-refractivity contribution in [2.75, 3.05) is 36.4 Å². The van der Waals surface area contributed by atoms with Gasteiger partial charge in [0, 0.05) is 32.2 Å². The summed E-state index contributed by atoms with van der Waals surface area (Å²) in [5.74, 6) is 1.20. The van der Waals surface area contributed by atoms with Crippen LogP contribution in [0.3, 0.4) is 0 Å².